The Balaban J connectivity index is 2.01. The van der Waals surface area contributed by atoms with Gasteiger partial charge in [-0.2, -0.15) is 0 Å². The Morgan fingerprint density at radius 2 is 1.67 bits per heavy atom. The summed E-state index contributed by atoms with van der Waals surface area (Å²) in [7, 11) is 0. The van der Waals surface area contributed by atoms with Gasteiger partial charge in [0.2, 0.25) is 0 Å². The number of nitrogens with one attached hydrogen (secondary N) is 2. The van der Waals surface area contributed by atoms with E-state index in [1.807, 2.05) is 31.2 Å². The van der Waals surface area contributed by atoms with Crippen molar-refractivity contribution in [3.05, 3.63) is 52.5 Å². The van der Waals surface area contributed by atoms with E-state index in [1.54, 1.807) is 18.2 Å². The Hall–Kier alpha value is -1.49. The van der Waals surface area contributed by atoms with Crippen molar-refractivity contribution in [1.82, 2.24) is 0 Å². The lowest BCUT2D eigenvalue weighted by Crippen LogP contribution is -2.19. The van der Waals surface area contributed by atoms with Gasteiger partial charge in [0.1, 0.15) is 5.75 Å². The summed E-state index contributed by atoms with van der Waals surface area (Å²) in [4.78, 5) is 0. The SMILES string of the molecule is CCOc1ccc(NC(=S)Nc2c(Cl)cccc2Cl)cc1. The smallest absolute Gasteiger partial charge is 0.175 e. The minimum Gasteiger partial charge on any atom is -0.494 e. The zero-order chi connectivity index (χ0) is 15.2. The molecule has 3 nitrogen and oxygen atoms in total. The van der Waals surface area contributed by atoms with Crippen LogP contribution < -0.4 is 15.4 Å². The first kappa shape index (κ1) is 15.9. The first-order valence-electron chi connectivity index (χ1n) is 6.35. The molecule has 0 atom stereocenters. The highest BCUT2D eigenvalue weighted by Gasteiger charge is 2.07. The van der Waals surface area contributed by atoms with E-state index < -0.39 is 0 Å². The largest absolute Gasteiger partial charge is 0.494 e. The second kappa shape index (κ2) is 7.50. The molecule has 0 bridgehead atoms. The monoisotopic (exact) mass is 340 g/mol. The van der Waals surface area contributed by atoms with Crippen molar-refractivity contribution in [1.29, 1.82) is 0 Å². The first-order chi connectivity index (χ1) is 10.1. The molecular weight excluding hydrogens is 327 g/mol. The molecule has 0 heterocycles. The molecule has 0 amide bonds. The standard InChI is InChI=1S/C15H14Cl2N2OS/c1-2-20-11-8-6-10(7-9-11)18-15(21)19-14-12(16)4-3-5-13(14)17/h3-9H,2H2,1H3,(H2,18,19,21). The van der Waals surface area contributed by atoms with E-state index in [0.717, 1.165) is 11.4 Å². The molecule has 2 aromatic rings. The molecule has 2 aromatic carbocycles. The van der Waals surface area contributed by atoms with Crippen molar-refractivity contribution >= 4 is 51.9 Å². The van der Waals surface area contributed by atoms with E-state index in [-0.39, 0.29) is 0 Å². The third-order valence-corrected chi connectivity index (χ3v) is 3.46. The normalized spacial score (nSPS) is 10.0. The average Bonchev–Trinajstić information content (AvgIpc) is 2.45. The Morgan fingerprint density at radius 3 is 2.24 bits per heavy atom. The lowest BCUT2D eigenvalue weighted by Gasteiger charge is -2.13. The molecule has 0 radical (unpaired) electrons. The van der Waals surface area contributed by atoms with Gasteiger partial charge in [-0.05, 0) is 55.5 Å². The topological polar surface area (TPSA) is 33.3 Å². The highest BCUT2D eigenvalue weighted by molar-refractivity contribution is 7.80. The predicted octanol–water partition coefficient (Wildman–Crippen LogP) is 5.20. The number of rotatable bonds is 4. The average molecular weight is 341 g/mol. The minimum atomic E-state index is 0.411. The predicted molar refractivity (Wildman–Crippen MR) is 93.9 cm³/mol. The van der Waals surface area contributed by atoms with Crippen LogP contribution in [0.25, 0.3) is 0 Å². The minimum absolute atomic E-state index is 0.411. The molecule has 110 valence electrons. The molecule has 0 unspecified atom stereocenters. The molecule has 0 aliphatic carbocycles. The van der Waals surface area contributed by atoms with Crippen molar-refractivity contribution in [2.75, 3.05) is 17.2 Å². The second-order valence-electron chi connectivity index (χ2n) is 4.13. The van der Waals surface area contributed by atoms with Crippen LogP contribution in [0.2, 0.25) is 10.0 Å². The number of ether oxygens (including phenoxy) is 1. The highest BCUT2D eigenvalue weighted by Crippen LogP contribution is 2.29. The van der Waals surface area contributed by atoms with Crippen molar-refractivity contribution in [2.24, 2.45) is 0 Å². The molecule has 6 heteroatoms. The molecule has 0 aliphatic rings. The van der Waals surface area contributed by atoms with E-state index in [9.17, 15) is 0 Å². The molecule has 21 heavy (non-hydrogen) atoms. The van der Waals surface area contributed by atoms with Crippen molar-refractivity contribution in [3.63, 3.8) is 0 Å². The van der Waals surface area contributed by atoms with Crippen LogP contribution in [0.5, 0.6) is 5.75 Å². The van der Waals surface area contributed by atoms with Crippen LogP contribution in [0, 0.1) is 0 Å². The molecule has 2 N–H and O–H groups in total. The third kappa shape index (κ3) is 4.49. The van der Waals surface area contributed by atoms with E-state index in [2.05, 4.69) is 10.6 Å². The summed E-state index contributed by atoms with van der Waals surface area (Å²) in [5.41, 5.74) is 1.43. The summed E-state index contributed by atoms with van der Waals surface area (Å²) in [5, 5.41) is 7.49. The number of anilines is 2. The van der Waals surface area contributed by atoms with Crippen LogP contribution in [0.3, 0.4) is 0 Å². The van der Waals surface area contributed by atoms with Gasteiger partial charge in [0.25, 0.3) is 0 Å². The maximum Gasteiger partial charge on any atom is 0.175 e. The van der Waals surface area contributed by atoms with Crippen molar-refractivity contribution in [3.8, 4) is 5.75 Å². The van der Waals surface area contributed by atoms with Gasteiger partial charge in [0, 0.05) is 5.69 Å². The summed E-state index contributed by atoms with van der Waals surface area (Å²) in [5.74, 6) is 0.816. The number of para-hydroxylation sites is 1. The van der Waals surface area contributed by atoms with Gasteiger partial charge in [-0.25, -0.2) is 0 Å². The number of benzene rings is 2. The van der Waals surface area contributed by atoms with Gasteiger partial charge in [-0.15, -0.1) is 0 Å². The van der Waals surface area contributed by atoms with E-state index >= 15 is 0 Å². The summed E-state index contributed by atoms with van der Waals surface area (Å²) >= 11 is 17.4. The van der Waals surface area contributed by atoms with Crippen LogP contribution in [-0.2, 0) is 0 Å². The van der Waals surface area contributed by atoms with Gasteiger partial charge < -0.3 is 15.4 Å². The van der Waals surface area contributed by atoms with Gasteiger partial charge in [0.15, 0.2) is 5.11 Å². The van der Waals surface area contributed by atoms with Crippen LogP contribution >= 0.6 is 35.4 Å². The van der Waals surface area contributed by atoms with E-state index in [1.165, 1.54) is 0 Å². The quantitative estimate of drug-likeness (QED) is 0.749. The van der Waals surface area contributed by atoms with Crippen LogP contribution in [-0.4, -0.2) is 11.7 Å². The van der Waals surface area contributed by atoms with Gasteiger partial charge in [-0.3, -0.25) is 0 Å². The fourth-order valence-corrected chi connectivity index (χ4v) is 2.41. The molecule has 2 rings (SSSR count). The van der Waals surface area contributed by atoms with Crippen LogP contribution in [0.4, 0.5) is 11.4 Å². The first-order valence-corrected chi connectivity index (χ1v) is 7.51. The summed E-state index contributed by atoms with van der Waals surface area (Å²) in [6.07, 6.45) is 0. The number of halogens is 2. The van der Waals surface area contributed by atoms with Crippen molar-refractivity contribution < 1.29 is 4.74 Å². The zero-order valence-electron chi connectivity index (χ0n) is 11.3. The molecule has 0 spiro atoms. The third-order valence-electron chi connectivity index (χ3n) is 2.62. The van der Waals surface area contributed by atoms with Gasteiger partial charge >= 0.3 is 0 Å². The molecule has 0 saturated carbocycles. The lowest BCUT2D eigenvalue weighted by atomic mass is 10.3. The number of hydrogen-bond donors (Lipinski definition) is 2. The highest BCUT2D eigenvalue weighted by atomic mass is 35.5. The second-order valence-corrected chi connectivity index (χ2v) is 5.36. The molecule has 0 aliphatic heterocycles. The van der Waals surface area contributed by atoms with Crippen LogP contribution in [0.15, 0.2) is 42.5 Å². The summed E-state index contributed by atoms with van der Waals surface area (Å²) in [6, 6.07) is 12.8. The fraction of sp³-hybridized carbons (Fsp3) is 0.133. The van der Waals surface area contributed by atoms with Gasteiger partial charge in [0.05, 0.1) is 22.3 Å². The van der Waals surface area contributed by atoms with Crippen molar-refractivity contribution in [2.45, 2.75) is 6.92 Å². The number of hydrogen-bond acceptors (Lipinski definition) is 2. The maximum atomic E-state index is 6.08. The Kier molecular flexibility index (Phi) is 5.67. The molecular formula is C15H14Cl2N2OS. The maximum absolute atomic E-state index is 6.08. The fourth-order valence-electron chi connectivity index (χ4n) is 1.69. The molecule has 0 fully saturated rings. The Bertz CT molecular complexity index is 612. The number of thiocarbonyl (C=S) groups is 1. The lowest BCUT2D eigenvalue weighted by molar-refractivity contribution is 0.340. The van der Waals surface area contributed by atoms with Crippen LogP contribution in [0.1, 0.15) is 6.92 Å². The Labute approximate surface area is 139 Å². The molecule has 0 saturated heterocycles. The summed E-state index contributed by atoms with van der Waals surface area (Å²) in [6.45, 7) is 2.58. The Morgan fingerprint density at radius 1 is 1.05 bits per heavy atom. The van der Waals surface area contributed by atoms with E-state index in [4.69, 9.17) is 40.2 Å². The zero-order valence-corrected chi connectivity index (χ0v) is 13.6. The van der Waals surface area contributed by atoms with E-state index in [0.29, 0.717) is 27.5 Å². The summed E-state index contributed by atoms with van der Waals surface area (Å²) < 4.78 is 5.38. The van der Waals surface area contributed by atoms with Gasteiger partial charge in [-0.1, -0.05) is 29.3 Å². The molecule has 0 aromatic heterocycles.